The van der Waals surface area contributed by atoms with Crippen LogP contribution in [0.3, 0.4) is 0 Å². The van der Waals surface area contributed by atoms with Gasteiger partial charge in [0.15, 0.2) is 11.5 Å². The number of hydrogen-bond donors (Lipinski definition) is 0. The van der Waals surface area contributed by atoms with Crippen LogP contribution in [-0.4, -0.2) is 19.9 Å². The first kappa shape index (κ1) is 39.5. The van der Waals surface area contributed by atoms with Gasteiger partial charge in [0.25, 0.3) is 6.71 Å². The Morgan fingerprint density at radius 1 is 0.533 bits per heavy atom. The lowest BCUT2D eigenvalue weighted by molar-refractivity contribution is 0.172. The normalized spacial score (nSPS) is 19.8. The van der Waals surface area contributed by atoms with Crippen molar-refractivity contribution in [2.24, 2.45) is 0 Å². The molecule has 0 aromatic heterocycles. The van der Waals surface area contributed by atoms with Gasteiger partial charge >= 0.3 is 0 Å². The summed E-state index contributed by atoms with van der Waals surface area (Å²) in [5.74, 6) is 1.68. The van der Waals surface area contributed by atoms with Gasteiger partial charge in [0.1, 0.15) is 13.2 Å². The summed E-state index contributed by atoms with van der Waals surface area (Å²) in [6.07, 6.45) is 4.72. The van der Waals surface area contributed by atoms with E-state index in [0.29, 0.717) is 13.2 Å². The summed E-state index contributed by atoms with van der Waals surface area (Å²) >= 11 is 0. The van der Waals surface area contributed by atoms with Crippen molar-refractivity contribution in [1.29, 1.82) is 0 Å². The van der Waals surface area contributed by atoms with E-state index in [9.17, 15) is 0 Å². The number of benzene rings is 5. The van der Waals surface area contributed by atoms with E-state index in [1.165, 1.54) is 115 Å². The monoisotopic (exact) mass is 797 g/mol. The predicted octanol–water partition coefficient (Wildman–Crippen LogP) is 12.5. The molecule has 5 aliphatic rings. The minimum absolute atomic E-state index is 0.00229. The summed E-state index contributed by atoms with van der Waals surface area (Å²) in [5, 5.41) is 0. The van der Waals surface area contributed by atoms with Crippen molar-refractivity contribution in [2.75, 3.05) is 23.0 Å². The third kappa shape index (κ3) is 5.69. The van der Waals surface area contributed by atoms with Crippen LogP contribution in [0, 0.1) is 20.8 Å². The Balaban J connectivity index is 1.33. The molecule has 0 unspecified atom stereocenters. The average Bonchev–Trinajstić information content (AvgIpc) is 3.17. The highest BCUT2D eigenvalue weighted by atomic mass is 16.6. The fourth-order valence-corrected chi connectivity index (χ4v) is 11.7. The lowest BCUT2D eigenvalue weighted by Gasteiger charge is -2.48. The molecular formula is C55H65BN2O2. The van der Waals surface area contributed by atoms with E-state index in [1.807, 2.05) is 0 Å². The molecule has 3 aliphatic heterocycles. The molecule has 5 aromatic rings. The zero-order chi connectivity index (χ0) is 42.6. The highest BCUT2D eigenvalue weighted by Gasteiger charge is 2.49. The van der Waals surface area contributed by atoms with Crippen LogP contribution in [0.15, 0.2) is 66.7 Å². The maximum atomic E-state index is 6.76. The van der Waals surface area contributed by atoms with Crippen LogP contribution in [0.1, 0.15) is 146 Å². The van der Waals surface area contributed by atoms with Gasteiger partial charge in [0.2, 0.25) is 0 Å². The first-order valence-electron chi connectivity index (χ1n) is 22.7. The molecule has 0 saturated carbocycles. The number of anilines is 6. The third-order valence-corrected chi connectivity index (χ3v) is 15.5. The van der Waals surface area contributed by atoms with Gasteiger partial charge in [-0.3, -0.25) is 0 Å². The topological polar surface area (TPSA) is 24.9 Å². The molecule has 3 heterocycles. The molecule has 0 amide bonds. The summed E-state index contributed by atoms with van der Waals surface area (Å²) in [6, 6.07) is 27.0. The molecule has 0 fully saturated rings. The van der Waals surface area contributed by atoms with Crippen LogP contribution in [0.4, 0.5) is 34.1 Å². The Morgan fingerprint density at radius 2 is 1.08 bits per heavy atom. The summed E-state index contributed by atoms with van der Waals surface area (Å²) in [4.78, 5) is 5.23. The minimum atomic E-state index is -0.00229. The van der Waals surface area contributed by atoms with Crippen molar-refractivity contribution in [2.45, 2.75) is 150 Å². The number of hydrogen-bond acceptors (Lipinski definition) is 4. The maximum absolute atomic E-state index is 6.76. The number of fused-ring (bicyclic) bond motifs is 8. The number of aryl methyl sites for hydroxylation is 3. The Hall–Kier alpha value is -4.64. The van der Waals surface area contributed by atoms with Crippen LogP contribution in [0.5, 0.6) is 11.5 Å². The van der Waals surface area contributed by atoms with Crippen molar-refractivity contribution in [3.05, 3.63) is 111 Å². The molecular weight excluding hydrogens is 731 g/mol. The molecule has 0 spiro atoms. The van der Waals surface area contributed by atoms with E-state index in [2.05, 4.69) is 173 Å². The number of nitrogens with zero attached hydrogens (tertiary/aromatic N) is 2. The smallest absolute Gasteiger partial charge is 0.252 e. The second-order valence-electron chi connectivity index (χ2n) is 22.8. The van der Waals surface area contributed by atoms with Crippen LogP contribution in [-0.2, 0) is 27.1 Å². The Morgan fingerprint density at radius 3 is 1.70 bits per heavy atom. The molecule has 0 N–H and O–H groups in total. The molecule has 5 heteroatoms. The van der Waals surface area contributed by atoms with E-state index < -0.39 is 0 Å². The molecule has 0 atom stereocenters. The minimum Gasteiger partial charge on any atom is -0.486 e. The second-order valence-corrected chi connectivity index (χ2v) is 22.8. The van der Waals surface area contributed by atoms with E-state index in [0.717, 1.165) is 17.2 Å². The standard InChI is InChI=1S/C55H65BN2O2/c1-32-25-44-47-45(26-32)58(48-33(2)27-35(28-34(48)3)51(4,5)6)49-41(17-18-46-50(49)60-24-23-59-46)56(47)42-30-39-40(55(13,14)22-21-54(39,11)12)31-43(42)57(44)36-15-16-37-38(29-36)53(9,10)20-19-52(37,7)8/h15-18,25-31H,19-24H2,1-14H3. The molecule has 0 saturated heterocycles. The van der Waals surface area contributed by atoms with Crippen molar-refractivity contribution in [3.8, 4) is 11.5 Å². The predicted molar refractivity (Wildman–Crippen MR) is 255 cm³/mol. The summed E-state index contributed by atoms with van der Waals surface area (Å²) in [7, 11) is 0. The molecule has 2 aliphatic carbocycles. The average molecular weight is 797 g/mol. The molecule has 60 heavy (non-hydrogen) atoms. The molecule has 310 valence electrons. The molecule has 10 rings (SSSR count). The van der Waals surface area contributed by atoms with E-state index in [4.69, 9.17) is 9.47 Å². The second kappa shape index (κ2) is 12.7. The lowest BCUT2D eigenvalue weighted by atomic mass is 9.33. The van der Waals surface area contributed by atoms with Gasteiger partial charge in [-0.1, -0.05) is 106 Å². The zero-order valence-corrected chi connectivity index (χ0v) is 38.9. The Kier molecular flexibility index (Phi) is 8.37. The van der Waals surface area contributed by atoms with Gasteiger partial charge in [-0.05, 0) is 171 Å². The highest BCUT2D eigenvalue weighted by molar-refractivity contribution is 7.00. The molecule has 0 radical (unpaired) electrons. The van der Waals surface area contributed by atoms with E-state index in [1.54, 1.807) is 0 Å². The fourth-order valence-electron chi connectivity index (χ4n) is 11.7. The van der Waals surface area contributed by atoms with Crippen LogP contribution >= 0.6 is 0 Å². The van der Waals surface area contributed by atoms with Crippen molar-refractivity contribution in [3.63, 3.8) is 0 Å². The fraction of sp³-hybridized carbons (Fsp3) is 0.455. The Bertz CT molecular complexity index is 2630. The van der Waals surface area contributed by atoms with Crippen molar-refractivity contribution >= 4 is 57.2 Å². The molecule has 5 aromatic carbocycles. The molecule has 0 bridgehead atoms. The van der Waals surface area contributed by atoms with Crippen molar-refractivity contribution in [1.82, 2.24) is 0 Å². The van der Waals surface area contributed by atoms with Gasteiger partial charge in [-0.2, -0.15) is 0 Å². The third-order valence-electron chi connectivity index (χ3n) is 15.5. The van der Waals surface area contributed by atoms with Gasteiger partial charge in [0.05, 0.1) is 11.4 Å². The number of ether oxygens (including phenoxy) is 2. The summed E-state index contributed by atoms with van der Waals surface area (Å²) in [5.41, 5.74) is 22.9. The zero-order valence-electron chi connectivity index (χ0n) is 38.9. The van der Waals surface area contributed by atoms with Gasteiger partial charge < -0.3 is 19.3 Å². The SMILES string of the molecule is Cc1cc2c3c(c1)N(c1c(C)cc(C(C)(C)C)cc1C)c1c(ccc4c1OCCO4)B3c1cc3c(cc1N2c1ccc2c(c1)C(C)(C)CCC2(C)C)C(C)(C)CCC3(C)C. The molecule has 4 nitrogen and oxygen atoms in total. The van der Waals surface area contributed by atoms with E-state index in [-0.39, 0.29) is 33.8 Å². The number of rotatable bonds is 2. The van der Waals surface area contributed by atoms with Crippen LogP contribution < -0.4 is 35.7 Å². The highest BCUT2D eigenvalue weighted by Crippen LogP contribution is 2.55. The first-order valence-corrected chi connectivity index (χ1v) is 22.7. The maximum Gasteiger partial charge on any atom is 0.252 e. The largest absolute Gasteiger partial charge is 0.486 e. The quantitative estimate of drug-likeness (QED) is 0.163. The van der Waals surface area contributed by atoms with Gasteiger partial charge in [0, 0.05) is 22.7 Å². The van der Waals surface area contributed by atoms with Gasteiger partial charge in [-0.15, -0.1) is 0 Å². The first-order chi connectivity index (χ1) is 28.1. The van der Waals surface area contributed by atoms with E-state index >= 15 is 0 Å². The van der Waals surface area contributed by atoms with Gasteiger partial charge in [-0.25, -0.2) is 0 Å². The van der Waals surface area contributed by atoms with Crippen LogP contribution in [0.25, 0.3) is 0 Å². The van der Waals surface area contributed by atoms with Crippen molar-refractivity contribution < 1.29 is 9.47 Å². The Labute approximate surface area is 360 Å². The lowest BCUT2D eigenvalue weighted by Crippen LogP contribution is -2.62. The summed E-state index contributed by atoms with van der Waals surface area (Å²) in [6.45, 7) is 34.6. The van der Waals surface area contributed by atoms with Crippen LogP contribution in [0.2, 0.25) is 0 Å². The summed E-state index contributed by atoms with van der Waals surface area (Å²) < 4.78 is 13.2.